The van der Waals surface area contributed by atoms with Crippen LogP contribution in [0.25, 0.3) is 0 Å². The summed E-state index contributed by atoms with van der Waals surface area (Å²) in [5.41, 5.74) is 0.750. The minimum absolute atomic E-state index is 0.258. The van der Waals surface area contributed by atoms with Crippen molar-refractivity contribution in [2.24, 2.45) is 5.92 Å². The number of anilines is 1. The molecule has 18 heavy (non-hydrogen) atoms. The first-order chi connectivity index (χ1) is 8.59. The van der Waals surface area contributed by atoms with Gasteiger partial charge in [-0.05, 0) is 30.9 Å². The Hall–Kier alpha value is -1.06. The molecule has 0 spiro atoms. The molecule has 3 rings (SSSR count). The first-order valence-corrected chi connectivity index (χ1v) is 6.69. The molecular formula is C13H11Cl2NO2. The average Bonchev–Trinajstić information content (AvgIpc) is 2.54. The van der Waals surface area contributed by atoms with Crippen LogP contribution in [0.1, 0.15) is 29.6 Å². The lowest BCUT2D eigenvalue weighted by atomic mass is 9.85. The van der Waals surface area contributed by atoms with Crippen LogP contribution in [0, 0.1) is 5.92 Å². The number of halogens is 2. The number of fused-ring (bicyclic) bond motifs is 1. The standard InChI is InChI=1S/C13H11Cl2NO2/c14-8-4-5-9(15)11-10(8)12(17)13(18)16(11)6-7-2-1-3-7/h4-5,7H,1-3,6H2. The van der Waals surface area contributed by atoms with E-state index in [1.807, 2.05) is 0 Å². The number of amides is 1. The van der Waals surface area contributed by atoms with Gasteiger partial charge in [-0.25, -0.2) is 0 Å². The average molecular weight is 284 g/mol. The minimum atomic E-state index is -0.545. The predicted molar refractivity (Wildman–Crippen MR) is 70.5 cm³/mol. The SMILES string of the molecule is O=C1C(=O)N(CC2CCC2)c2c(Cl)ccc(Cl)c21. The van der Waals surface area contributed by atoms with Crippen LogP contribution in [0.15, 0.2) is 12.1 Å². The van der Waals surface area contributed by atoms with Crippen LogP contribution in [0.4, 0.5) is 5.69 Å². The summed E-state index contributed by atoms with van der Waals surface area (Å²) in [4.78, 5) is 25.4. The molecule has 1 aromatic carbocycles. The Morgan fingerprint density at radius 3 is 2.44 bits per heavy atom. The van der Waals surface area contributed by atoms with Gasteiger partial charge in [0.05, 0.1) is 21.3 Å². The maximum atomic E-state index is 12.0. The highest BCUT2D eigenvalue weighted by Crippen LogP contribution is 2.41. The van der Waals surface area contributed by atoms with E-state index in [4.69, 9.17) is 23.2 Å². The van der Waals surface area contributed by atoms with Crippen molar-refractivity contribution in [1.29, 1.82) is 0 Å². The lowest BCUT2D eigenvalue weighted by molar-refractivity contribution is -0.114. The van der Waals surface area contributed by atoms with E-state index in [-0.39, 0.29) is 5.56 Å². The Morgan fingerprint density at radius 2 is 1.83 bits per heavy atom. The van der Waals surface area contributed by atoms with Crippen molar-refractivity contribution in [1.82, 2.24) is 0 Å². The molecule has 1 aliphatic heterocycles. The maximum absolute atomic E-state index is 12.0. The number of ketones is 1. The fourth-order valence-corrected chi connectivity index (χ4v) is 2.96. The Balaban J connectivity index is 2.05. The number of carbonyl (C=O) groups is 2. The Morgan fingerprint density at radius 1 is 1.17 bits per heavy atom. The topological polar surface area (TPSA) is 37.4 Å². The number of rotatable bonds is 2. The van der Waals surface area contributed by atoms with Crippen LogP contribution < -0.4 is 4.90 Å². The summed E-state index contributed by atoms with van der Waals surface area (Å²) in [5, 5.41) is 0.705. The molecule has 3 nitrogen and oxygen atoms in total. The van der Waals surface area contributed by atoms with E-state index in [0.717, 1.165) is 12.8 Å². The van der Waals surface area contributed by atoms with Crippen LogP contribution in [0.2, 0.25) is 10.0 Å². The second kappa shape index (κ2) is 4.25. The molecule has 1 aliphatic carbocycles. The van der Waals surface area contributed by atoms with Crippen LogP contribution in [-0.4, -0.2) is 18.2 Å². The summed E-state index contributed by atoms with van der Waals surface area (Å²) >= 11 is 12.1. The molecule has 94 valence electrons. The highest BCUT2D eigenvalue weighted by molar-refractivity contribution is 6.56. The summed E-state index contributed by atoms with van der Waals surface area (Å²) in [6.07, 6.45) is 3.40. The molecule has 0 atom stereocenters. The normalized spacial score (nSPS) is 19.1. The van der Waals surface area contributed by atoms with Crippen molar-refractivity contribution in [2.75, 3.05) is 11.4 Å². The molecule has 1 amide bonds. The van der Waals surface area contributed by atoms with E-state index in [1.165, 1.54) is 11.3 Å². The molecule has 0 radical (unpaired) electrons. The molecule has 1 heterocycles. The number of hydrogen-bond acceptors (Lipinski definition) is 2. The molecule has 0 N–H and O–H groups in total. The summed E-state index contributed by atoms with van der Waals surface area (Å²) in [5.74, 6) is -0.577. The van der Waals surface area contributed by atoms with Gasteiger partial charge in [-0.1, -0.05) is 29.6 Å². The van der Waals surface area contributed by atoms with Gasteiger partial charge in [-0.2, -0.15) is 0 Å². The lowest BCUT2D eigenvalue weighted by Gasteiger charge is -2.30. The number of carbonyl (C=O) groups excluding carboxylic acids is 2. The van der Waals surface area contributed by atoms with Crippen molar-refractivity contribution in [3.8, 4) is 0 Å². The zero-order valence-corrected chi connectivity index (χ0v) is 11.1. The van der Waals surface area contributed by atoms with Gasteiger partial charge in [0.1, 0.15) is 0 Å². The Labute approximate surface area is 115 Å². The molecule has 2 aliphatic rings. The van der Waals surface area contributed by atoms with E-state index >= 15 is 0 Å². The number of Topliss-reactive ketones (excluding diaryl/α,β-unsaturated/α-hetero) is 1. The van der Waals surface area contributed by atoms with Crippen molar-refractivity contribution in [3.05, 3.63) is 27.7 Å². The smallest absolute Gasteiger partial charge is 0.299 e. The van der Waals surface area contributed by atoms with Gasteiger partial charge in [-0.15, -0.1) is 0 Å². The quantitative estimate of drug-likeness (QED) is 0.781. The highest BCUT2D eigenvalue weighted by Gasteiger charge is 2.40. The van der Waals surface area contributed by atoms with Crippen molar-refractivity contribution >= 4 is 40.6 Å². The van der Waals surface area contributed by atoms with E-state index in [1.54, 1.807) is 12.1 Å². The zero-order valence-electron chi connectivity index (χ0n) is 9.58. The molecule has 0 bridgehead atoms. The first kappa shape index (κ1) is 12.0. The first-order valence-electron chi connectivity index (χ1n) is 5.94. The van der Waals surface area contributed by atoms with Gasteiger partial charge in [0.25, 0.3) is 11.7 Å². The van der Waals surface area contributed by atoms with Gasteiger partial charge in [0.15, 0.2) is 0 Å². The Bertz CT molecular complexity index is 552. The molecule has 0 saturated heterocycles. The third kappa shape index (κ3) is 1.65. The molecule has 0 aromatic heterocycles. The molecular weight excluding hydrogens is 273 g/mol. The Kier molecular flexibility index (Phi) is 2.83. The third-order valence-electron chi connectivity index (χ3n) is 3.68. The molecule has 0 unspecified atom stereocenters. The summed E-state index contributed by atoms with van der Waals surface area (Å²) in [6.45, 7) is 0.567. The van der Waals surface area contributed by atoms with E-state index < -0.39 is 11.7 Å². The van der Waals surface area contributed by atoms with E-state index in [2.05, 4.69) is 0 Å². The van der Waals surface area contributed by atoms with Gasteiger partial charge >= 0.3 is 0 Å². The summed E-state index contributed by atoms with van der Waals surface area (Å²) < 4.78 is 0. The zero-order chi connectivity index (χ0) is 12.9. The number of benzene rings is 1. The maximum Gasteiger partial charge on any atom is 0.299 e. The fraction of sp³-hybridized carbons (Fsp3) is 0.385. The monoisotopic (exact) mass is 283 g/mol. The van der Waals surface area contributed by atoms with Gasteiger partial charge in [0.2, 0.25) is 0 Å². The molecule has 5 heteroatoms. The number of hydrogen-bond donors (Lipinski definition) is 0. The number of nitrogens with zero attached hydrogens (tertiary/aromatic N) is 1. The largest absolute Gasteiger partial charge is 0.303 e. The van der Waals surface area contributed by atoms with Crippen LogP contribution in [-0.2, 0) is 4.79 Å². The van der Waals surface area contributed by atoms with Crippen molar-refractivity contribution in [2.45, 2.75) is 19.3 Å². The van der Waals surface area contributed by atoms with E-state index in [0.29, 0.717) is 28.2 Å². The van der Waals surface area contributed by atoms with Gasteiger partial charge < -0.3 is 4.90 Å². The highest BCUT2D eigenvalue weighted by atomic mass is 35.5. The molecule has 1 aromatic rings. The van der Waals surface area contributed by atoms with Crippen molar-refractivity contribution < 1.29 is 9.59 Å². The minimum Gasteiger partial charge on any atom is -0.303 e. The second-order valence-electron chi connectivity index (χ2n) is 4.79. The van der Waals surface area contributed by atoms with Gasteiger partial charge in [0, 0.05) is 6.54 Å². The predicted octanol–water partition coefficient (Wildman–Crippen LogP) is 3.32. The third-order valence-corrected chi connectivity index (χ3v) is 4.30. The van der Waals surface area contributed by atoms with Crippen LogP contribution >= 0.6 is 23.2 Å². The van der Waals surface area contributed by atoms with Crippen LogP contribution in [0.3, 0.4) is 0 Å². The fourth-order valence-electron chi connectivity index (χ4n) is 2.46. The second-order valence-corrected chi connectivity index (χ2v) is 5.61. The summed E-state index contributed by atoms with van der Waals surface area (Å²) in [7, 11) is 0. The van der Waals surface area contributed by atoms with Crippen molar-refractivity contribution in [3.63, 3.8) is 0 Å². The molecule has 1 fully saturated rings. The van der Waals surface area contributed by atoms with Gasteiger partial charge in [-0.3, -0.25) is 9.59 Å². The van der Waals surface area contributed by atoms with Crippen LogP contribution in [0.5, 0.6) is 0 Å². The van der Waals surface area contributed by atoms with E-state index in [9.17, 15) is 9.59 Å². The lowest BCUT2D eigenvalue weighted by Crippen LogP contribution is -2.36. The summed E-state index contributed by atoms with van der Waals surface area (Å²) in [6, 6.07) is 3.18. The molecule has 1 saturated carbocycles.